The van der Waals surface area contributed by atoms with E-state index in [0.29, 0.717) is 31.2 Å². The maximum absolute atomic E-state index is 13.7. The van der Waals surface area contributed by atoms with Crippen LogP contribution in [-0.2, 0) is 6.42 Å². The number of rotatable bonds is 4. The number of halogens is 1. The number of carbonyl (C=O) groups is 1. The van der Waals surface area contributed by atoms with Crippen molar-refractivity contribution in [2.45, 2.75) is 12.8 Å². The summed E-state index contributed by atoms with van der Waals surface area (Å²) in [6.07, 6.45) is 4.80. The number of anilines is 1. The van der Waals surface area contributed by atoms with Gasteiger partial charge in [0.2, 0.25) is 0 Å². The van der Waals surface area contributed by atoms with Gasteiger partial charge < -0.3 is 14.7 Å². The largest absolute Gasteiger partial charge is 0.334 e. The Morgan fingerprint density at radius 3 is 2.89 bits per heavy atom. The second-order valence-electron chi connectivity index (χ2n) is 6.47. The molecule has 0 bridgehead atoms. The van der Waals surface area contributed by atoms with Crippen LogP contribution >= 0.6 is 0 Å². The fourth-order valence-corrected chi connectivity index (χ4v) is 3.15. The molecule has 0 radical (unpaired) electrons. The molecule has 2 amide bonds. The number of amides is 2. The highest BCUT2D eigenvalue weighted by atomic mass is 19.1. The van der Waals surface area contributed by atoms with Crippen molar-refractivity contribution in [3.63, 3.8) is 0 Å². The summed E-state index contributed by atoms with van der Waals surface area (Å²) in [5.41, 5.74) is 1.01. The number of hydrogen-bond donors (Lipinski definition) is 1. The molecule has 1 fully saturated rings. The summed E-state index contributed by atoms with van der Waals surface area (Å²) in [6, 6.07) is 9.45. The lowest BCUT2D eigenvalue weighted by Crippen LogP contribution is -2.33. The van der Waals surface area contributed by atoms with Crippen molar-refractivity contribution in [1.82, 2.24) is 20.0 Å². The van der Waals surface area contributed by atoms with Crippen molar-refractivity contribution in [2.75, 3.05) is 18.4 Å². The van der Waals surface area contributed by atoms with Crippen LogP contribution in [-0.4, -0.2) is 39.1 Å². The molecular formula is C19H18FN5O2. The van der Waals surface area contributed by atoms with E-state index in [9.17, 15) is 9.18 Å². The summed E-state index contributed by atoms with van der Waals surface area (Å²) >= 11 is 0. The Hall–Kier alpha value is -3.29. The molecule has 1 atom stereocenters. The number of pyridine rings is 1. The van der Waals surface area contributed by atoms with Gasteiger partial charge in [-0.25, -0.2) is 9.18 Å². The number of nitrogens with zero attached hydrogens (tertiary/aromatic N) is 4. The lowest BCUT2D eigenvalue weighted by molar-refractivity contribution is 0.220. The van der Waals surface area contributed by atoms with E-state index >= 15 is 0 Å². The minimum atomic E-state index is -0.447. The molecule has 1 unspecified atom stereocenters. The van der Waals surface area contributed by atoms with Gasteiger partial charge in [-0.15, -0.1) is 0 Å². The summed E-state index contributed by atoms with van der Waals surface area (Å²) in [6.45, 7) is 1.18. The van der Waals surface area contributed by atoms with Crippen molar-refractivity contribution in [1.29, 1.82) is 0 Å². The molecule has 27 heavy (non-hydrogen) atoms. The van der Waals surface area contributed by atoms with Gasteiger partial charge in [-0.1, -0.05) is 17.3 Å². The molecule has 7 nitrogen and oxygen atoms in total. The number of para-hydroxylation sites is 1. The molecule has 1 saturated heterocycles. The second kappa shape index (κ2) is 7.53. The molecule has 0 aliphatic carbocycles. The van der Waals surface area contributed by atoms with Crippen LogP contribution in [0.15, 0.2) is 53.3 Å². The van der Waals surface area contributed by atoms with Gasteiger partial charge in [0.05, 0.1) is 5.69 Å². The van der Waals surface area contributed by atoms with Crippen LogP contribution < -0.4 is 5.32 Å². The molecule has 0 saturated carbocycles. The highest BCUT2D eigenvalue weighted by Gasteiger charge is 2.28. The van der Waals surface area contributed by atoms with Crippen molar-refractivity contribution in [3.8, 4) is 11.5 Å². The van der Waals surface area contributed by atoms with Crippen molar-refractivity contribution < 1.29 is 13.7 Å². The molecule has 138 valence electrons. The zero-order chi connectivity index (χ0) is 18.6. The first-order valence-electron chi connectivity index (χ1n) is 8.72. The Labute approximate surface area is 155 Å². The molecule has 1 N–H and O–H groups in total. The Kier molecular flexibility index (Phi) is 4.78. The molecule has 3 aromatic rings. The average Bonchev–Trinajstić information content (AvgIpc) is 3.34. The zero-order valence-corrected chi connectivity index (χ0v) is 14.5. The summed E-state index contributed by atoms with van der Waals surface area (Å²) < 4.78 is 19.0. The molecule has 1 aliphatic heterocycles. The third-order valence-electron chi connectivity index (χ3n) is 4.56. The van der Waals surface area contributed by atoms with Crippen LogP contribution in [0, 0.1) is 11.7 Å². The van der Waals surface area contributed by atoms with Crippen molar-refractivity contribution in [3.05, 3.63) is 60.4 Å². The van der Waals surface area contributed by atoms with Gasteiger partial charge in [0.1, 0.15) is 5.82 Å². The molecule has 3 heterocycles. The van der Waals surface area contributed by atoms with Crippen LogP contribution in [0.5, 0.6) is 0 Å². The molecule has 2 aromatic heterocycles. The van der Waals surface area contributed by atoms with Gasteiger partial charge in [-0.05, 0) is 36.6 Å². The molecule has 8 heteroatoms. The normalized spacial score (nSPS) is 16.5. The van der Waals surface area contributed by atoms with Gasteiger partial charge in [0, 0.05) is 37.5 Å². The second-order valence-corrected chi connectivity index (χ2v) is 6.47. The van der Waals surface area contributed by atoms with Gasteiger partial charge in [-0.3, -0.25) is 4.98 Å². The third kappa shape index (κ3) is 3.94. The Bertz CT molecular complexity index is 931. The number of aromatic nitrogens is 3. The minimum Gasteiger partial charge on any atom is -0.334 e. The summed E-state index contributed by atoms with van der Waals surface area (Å²) in [4.78, 5) is 22.4. The SMILES string of the molecule is O=C(Nc1ccccc1F)N1CCC(Cc2noc(-c3ccncc3)n2)C1. The maximum Gasteiger partial charge on any atom is 0.321 e. The first-order valence-corrected chi connectivity index (χ1v) is 8.72. The predicted molar refractivity (Wildman–Crippen MR) is 96.3 cm³/mol. The highest BCUT2D eigenvalue weighted by Crippen LogP contribution is 2.23. The molecular weight excluding hydrogens is 349 g/mol. The van der Waals surface area contributed by atoms with Crippen LogP contribution in [0.25, 0.3) is 11.5 Å². The standard InChI is InChI=1S/C19H18FN5O2/c20-15-3-1-2-4-16(15)22-19(26)25-10-7-13(12-25)11-17-23-18(27-24-17)14-5-8-21-9-6-14/h1-6,8-9,13H,7,10-12H2,(H,22,26). The lowest BCUT2D eigenvalue weighted by atomic mass is 10.1. The molecule has 0 spiro atoms. The van der Waals surface area contributed by atoms with Gasteiger partial charge >= 0.3 is 6.03 Å². The first kappa shape index (κ1) is 17.1. The summed E-state index contributed by atoms with van der Waals surface area (Å²) in [5.74, 6) is 0.860. The monoisotopic (exact) mass is 367 g/mol. The number of benzene rings is 1. The number of likely N-dealkylation sites (tertiary alicyclic amines) is 1. The maximum atomic E-state index is 13.7. The van der Waals surface area contributed by atoms with E-state index in [0.717, 1.165) is 12.0 Å². The minimum absolute atomic E-state index is 0.186. The number of urea groups is 1. The smallest absolute Gasteiger partial charge is 0.321 e. The van der Waals surface area contributed by atoms with Gasteiger partial charge in [0.25, 0.3) is 5.89 Å². The van der Waals surface area contributed by atoms with E-state index in [1.54, 1.807) is 35.5 Å². The van der Waals surface area contributed by atoms with Crippen molar-refractivity contribution >= 4 is 11.7 Å². The lowest BCUT2D eigenvalue weighted by Gasteiger charge is -2.17. The van der Waals surface area contributed by atoms with E-state index < -0.39 is 5.82 Å². The summed E-state index contributed by atoms with van der Waals surface area (Å²) in [7, 11) is 0. The van der Waals surface area contributed by atoms with Crippen LogP contribution in [0.1, 0.15) is 12.2 Å². The van der Waals surface area contributed by atoms with E-state index in [1.807, 2.05) is 12.1 Å². The van der Waals surface area contributed by atoms with Gasteiger partial charge in [-0.2, -0.15) is 4.98 Å². The number of nitrogens with one attached hydrogen (secondary N) is 1. The van der Waals surface area contributed by atoms with E-state index in [4.69, 9.17) is 4.52 Å². The van der Waals surface area contributed by atoms with Crippen molar-refractivity contribution in [2.24, 2.45) is 5.92 Å². The fraction of sp³-hybridized carbons (Fsp3) is 0.263. The number of carbonyl (C=O) groups excluding carboxylic acids is 1. The van der Waals surface area contributed by atoms with Crippen LogP contribution in [0.3, 0.4) is 0 Å². The highest BCUT2D eigenvalue weighted by molar-refractivity contribution is 5.89. The first-order chi connectivity index (χ1) is 13.2. The Morgan fingerprint density at radius 1 is 1.26 bits per heavy atom. The molecule has 1 aliphatic rings. The quantitative estimate of drug-likeness (QED) is 0.764. The number of hydrogen-bond acceptors (Lipinski definition) is 5. The molecule has 4 rings (SSSR count). The third-order valence-corrected chi connectivity index (χ3v) is 4.56. The topological polar surface area (TPSA) is 84.2 Å². The van der Waals surface area contributed by atoms with E-state index in [2.05, 4.69) is 20.4 Å². The Balaban J connectivity index is 1.34. The van der Waals surface area contributed by atoms with Crippen LogP contribution in [0.2, 0.25) is 0 Å². The Morgan fingerprint density at radius 2 is 2.07 bits per heavy atom. The predicted octanol–water partition coefficient (Wildman–Crippen LogP) is 3.37. The molecule has 1 aromatic carbocycles. The average molecular weight is 367 g/mol. The van der Waals surface area contributed by atoms with Gasteiger partial charge in [0.15, 0.2) is 5.82 Å². The summed E-state index contributed by atoms with van der Waals surface area (Å²) in [5, 5.41) is 6.65. The van der Waals surface area contributed by atoms with E-state index in [-0.39, 0.29) is 17.6 Å². The fourth-order valence-electron chi connectivity index (χ4n) is 3.15. The van der Waals surface area contributed by atoms with Crippen LogP contribution in [0.4, 0.5) is 14.9 Å². The van der Waals surface area contributed by atoms with E-state index in [1.165, 1.54) is 6.07 Å². The zero-order valence-electron chi connectivity index (χ0n) is 14.5.